The molecule has 8 heteroatoms. The number of ether oxygens (including phenoxy) is 2. The summed E-state index contributed by atoms with van der Waals surface area (Å²) in [6, 6.07) is 13.1. The fourth-order valence-corrected chi connectivity index (χ4v) is 3.73. The third-order valence-electron chi connectivity index (χ3n) is 5.62. The zero-order chi connectivity index (χ0) is 24.1. The van der Waals surface area contributed by atoms with Crippen molar-refractivity contribution in [1.82, 2.24) is 9.80 Å². The molecule has 0 spiro atoms. The van der Waals surface area contributed by atoms with Crippen LogP contribution in [0.1, 0.15) is 37.5 Å². The molecule has 33 heavy (non-hydrogen) atoms. The third-order valence-corrected chi connectivity index (χ3v) is 5.62. The minimum absolute atomic E-state index is 0.308. The molecule has 1 saturated heterocycles. The van der Waals surface area contributed by atoms with Gasteiger partial charge in [-0.1, -0.05) is 24.3 Å². The minimum Gasteiger partial charge on any atom is -0.476 e. The average Bonchev–Trinajstić information content (AvgIpc) is 2.76. The van der Waals surface area contributed by atoms with Gasteiger partial charge in [-0.15, -0.1) is 0 Å². The number of halogens is 3. The number of hydrogen-bond acceptors (Lipinski definition) is 5. The van der Waals surface area contributed by atoms with Gasteiger partial charge in [-0.05, 0) is 56.2 Å². The molecule has 180 valence electrons. The van der Waals surface area contributed by atoms with Crippen molar-refractivity contribution < 1.29 is 27.4 Å². The second-order valence-corrected chi connectivity index (χ2v) is 8.72. The summed E-state index contributed by atoms with van der Waals surface area (Å²) in [6.45, 7) is 10.4. The van der Waals surface area contributed by atoms with Crippen molar-refractivity contribution in [3.05, 3.63) is 65.2 Å². The summed E-state index contributed by atoms with van der Waals surface area (Å²) in [7, 11) is 0. The van der Waals surface area contributed by atoms with Gasteiger partial charge in [-0.25, -0.2) is 4.79 Å². The van der Waals surface area contributed by atoms with E-state index in [1.807, 2.05) is 24.3 Å². The van der Waals surface area contributed by atoms with E-state index < -0.39 is 23.3 Å². The van der Waals surface area contributed by atoms with Crippen molar-refractivity contribution in [3.63, 3.8) is 0 Å². The first-order chi connectivity index (χ1) is 15.6. The first kappa shape index (κ1) is 25.1. The molecule has 1 aliphatic rings. The Morgan fingerprint density at radius 1 is 0.848 bits per heavy atom. The van der Waals surface area contributed by atoms with Crippen LogP contribution in [-0.2, 0) is 28.8 Å². The zero-order valence-electron chi connectivity index (χ0n) is 19.3. The minimum atomic E-state index is -4.30. The lowest BCUT2D eigenvalue weighted by molar-refractivity contribution is -0.158. The molecule has 2 aromatic rings. The quantitative estimate of drug-likeness (QED) is 0.528. The van der Waals surface area contributed by atoms with Crippen LogP contribution in [0.15, 0.2) is 48.5 Å². The van der Waals surface area contributed by atoms with Crippen molar-refractivity contribution in [3.8, 4) is 5.75 Å². The highest BCUT2D eigenvalue weighted by Gasteiger charge is 2.32. The van der Waals surface area contributed by atoms with E-state index in [1.165, 1.54) is 0 Å². The predicted molar refractivity (Wildman–Crippen MR) is 120 cm³/mol. The standard InChI is InChI=1S/C25H31F3N2O3/c1-4-32-23(31)24(2,3)33-22-11-7-20(8-12-22)18-30-15-13-29(14-16-30)17-19-5-9-21(10-6-19)25(26,27)28/h5-12H,4,13-18H2,1-3H3. The molecule has 0 saturated carbocycles. The lowest BCUT2D eigenvalue weighted by atomic mass is 10.1. The van der Waals surface area contributed by atoms with E-state index in [0.717, 1.165) is 56.0 Å². The number of esters is 1. The molecular formula is C25H31F3N2O3. The number of hydrogen-bond donors (Lipinski definition) is 0. The lowest BCUT2D eigenvalue weighted by Crippen LogP contribution is -2.45. The Hall–Kier alpha value is -2.58. The van der Waals surface area contributed by atoms with E-state index in [2.05, 4.69) is 9.80 Å². The summed E-state index contributed by atoms with van der Waals surface area (Å²) in [5.74, 6) is 0.210. The highest BCUT2D eigenvalue weighted by Crippen LogP contribution is 2.29. The van der Waals surface area contributed by atoms with Gasteiger partial charge in [0.25, 0.3) is 0 Å². The molecule has 0 bridgehead atoms. The molecule has 5 nitrogen and oxygen atoms in total. The monoisotopic (exact) mass is 464 g/mol. The van der Waals surface area contributed by atoms with Crippen molar-refractivity contribution >= 4 is 5.97 Å². The summed E-state index contributed by atoms with van der Waals surface area (Å²) in [4.78, 5) is 16.6. The summed E-state index contributed by atoms with van der Waals surface area (Å²) in [5.41, 5.74) is 0.364. The van der Waals surface area contributed by atoms with Crippen LogP contribution in [-0.4, -0.2) is 54.2 Å². The summed E-state index contributed by atoms with van der Waals surface area (Å²) >= 11 is 0. The van der Waals surface area contributed by atoms with Gasteiger partial charge in [-0.3, -0.25) is 9.80 Å². The second kappa shape index (κ2) is 10.6. The Bertz CT molecular complexity index is 904. The van der Waals surface area contributed by atoms with Crippen LogP contribution in [0.2, 0.25) is 0 Å². The molecule has 1 heterocycles. The molecule has 0 atom stereocenters. The van der Waals surface area contributed by atoms with Crippen LogP contribution in [0.25, 0.3) is 0 Å². The number of carbonyl (C=O) groups is 1. The molecule has 1 aliphatic heterocycles. The molecule has 0 N–H and O–H groups in total. The van der Waals surface area contributed by atoms with E-state index >= 15 is 0 Å². The van der Waals surface area contributed by atoms with Crippen LogP contribution in [0.5, 0.6) is 5.75 Å². The Morgan fingerprint density at radius 3 is 1.73 bits per heavy atom. The largest absolute Gasteiger partial charge is 0.476 e. The van der Waals surface area contributed by atoms with Crippen LogP contribution in [0.3, 0.4) is 0 Å². The van der Waals surface area contributed by atoms with Gasteiger partial charge < -0.3 is 9.47 Å². The summed E-state index contributed by atoms with van der Waals surface area (Å²) in [5, 5.41) is 0. The highest BCUT2D eigenvalue weighted by molar-refractivity contribution is 5.79. The van der Waals surface area contributed by atoms with E-state index in [0.29, 0.717) is 18.9 Å². The lowest BCUT2D eigenvalue weighted by Gasteiger charge is -2.34. The Labute approximate surface area is 193 Å². The number of alkyl halides is 3. The fraction of sp³-hybridized carbons (Fsp3) is 0.480. The van der Waals surface area contributed by atoms with E-state index in [4.69, 9.17) is 9.47 Å². The van der Waals surface area contributed by atoms with Gasteiger partial charge >= 0.3 is 12.1 Å². The van der Waals surface area contributed by atoms with Gasteiger partial charge in [0.2, 0.25) is 0 Å². The van der Waals surface area contributed by atoms with Crippen LogP contribution in [0.4, 0.5) is 13.2 Å². The summed E-state index contributed by atoms with van der Waals surface area (Å²) in [6.07, 6.45) is -4.30. The maximum absolute atomic E-state index is 12.7. The topological polar surface area (TPSA) is 42.0 Å². The van der Waals surface area contributed by atoms with Gasteiger partial charge in [0.1, 0.15) is 5.75 Å². The number of nitrogens with zero attached hydrogens (tertiary/aromatic N) is 2. The fourth-order valence-electron chi connectivity index (χ4n) is 3.73. The Kier molecular flexibility index (Phi) is 8.02. The summed E-state index contributed by atoms with van der Waals surface area (Å²) < 4.78 is 49.0. The van der Waals surface area contributed by atoms with Crippen molar-refractivity contribution in [2.75, 3.05) is 32.8 Å². The highest BCUT2D eigenvalue weighted by atomic mass is 19.4. The molecule has 0 radical (unpaired) electrons. The molecule has 0 unspecified atom stereocenters. The van der Waals surface area contributed by atoms with Gasteiger partial charge in [-0.2, -0.15) is 13.2 Å². The number of piperazine rings is 1. The van der Waals surface area contributed by atoms with Gasteiger partial charge in [0.15, 0.2) is 5.60 Å². The molecule has 1 fully saturated rings. The first-order valence-corrected chi connectivity index (χ1v) is 11.1. The molecule has 0 amide bonds. The molecular weight excluding hydrogens is 433 g/mol. The van der Waals surface area contributed by atoms with Crippen molar-refractivity contribution in [1.29, 1.82) is 0 Å². The number of carbonyl (C=O) groups excluding carboxylic acids is 1. The number of rotatable bonds is 8. The average molecular weight is 465 g/mol. The van der Waals surface area contributed by atoms with Crippen LogP contribution >= 0.6 is 0 Å². The third kappa shape index (κ3) is 7.20. The first-order valence-electron chi connectivity index (χ1n) is 11.1. The number of benzene rings is 2. The van der Waals surface area contributed by atoms with Gasteiger partial charge in [0.05, 0.1) is 12.2 Å². The van der Waals surface area contributed by atoms with Crippen LogP contribution in [0, 0.1) is 0 Å². The molecule has 3 rings (SSSR count). The predicted octanol–water partition coefficient (Wildman–Crippen LogP) is 4.74. The second-order valence-electron chi connectivity index (χ2n) is 8.72. The van der Waals surface area contributed by atoms with Crippen molar-refractivity contribution in [2.45, 2.75) is 45.6 Å². The maximum atomic E-state index is 12.7. The van der Waals surface area contributed by atoms with E-state index in [-0.39, 0.29) is 0 Å². The smallest absolute Gasteiger partial charge is 0.416 e. The van der Waals surface area contributed by atoms with Crippen LogP contribution < -0.4 is 4.74 Å². The molecule has 0 aromatic heterocycles. The Morgan fingerprint density at radius 2 is 1.30 bits per heavy atom. The zero-order valence-corrected chi connectivity index (χ0v) is 19.3. The molecule has 2 aromatic carbocycles. The SMILES string of the molecule is CCOC(=O)C(C)(C)Oc1ccc(CN2CCN(Cc3ccc(C(F)(F)F)cc3)CC2)cc1. The van der Waals surface area contributed by atoms with Gasteiger partial charge in [0, 0.05) is 39.3 Å². The van der Waals surface area contributed by atoms with E-state index in [9.17, 15) is 18.0 Å². The van der Waals surface area contributed by atoms with E-state index in [1.54, 1.807) is 32.9 Å². The Balaban J connectivity index is 1.45. The maximum Gasteiger partial charge on any atom is 0.416 e. The molecule has 0 aliphatic carbocycles. The van der Waals surface area contributed by atoms with Crippen molar-refractivity contribution in [2.24, 2.45) is 0 Å². The normalized spacial score (nSPS) is 15.9.